The first-order chi connectivity index (χ1) is 14.1. The van der Waals surface area contributed by atoms with Gasteiger partial charge in [-0.2, -0.15) is 11.8 Å². The van der Waals surface area contributed by atoms with E-state index in [1.165, 1.54) is 0 Å². The number of hydrogen-bond donors (Lipinski definition) is 3. The van der Waals surface area contributed by atoms with Crippen LogP contribution >= 0.6 is 11.8 Å². The molecule has 3 N–H and O–H groups in total. The number of carbonyl (C=O) groups excluding carboxylic acids is 1. The molecule has 1 unspecified atom stereocenters. The molecule has 2 fully saturated rings. The van der Waals surface area contributed by atoms with Crippen molar-refractivity contribution in [2.45, 2.75) is 18.9 Å². The van der Waals surface area contributed by atoms with Crippen molar-refractivity contribution >= 4 is 23.5 Å². The highest BCUT2D eigenvalue weighted by Gasteiger charge is 2.40. The van der Waals surface area contributed by atoms with Gasteiger partial charge in [-0.1, -0.05) is 12.1 Å². The van der Waals surface area contributed by atoms with E-state index in [0.717, 1.165) is 49.9 Å². The molecule has 29 heavy (non-hydrogen) atoms. The summed E-state index contributed by atoms with van der Waals surface area (Å²) in [5, 5.41) is 6.00. The molecule has 2 aromatic rings. The largest absolute Gasteiger partial charge is 0.379 e. The Kier molecular flexibility index (Phi) is 5.98. The lowest BCUT2D eigenvalue weighted by molar-refractivity contribution is -0.0123. The van der Waals surface area contributed by atoms with Crippen molar-refractivity contribution in [3.8, 4) is 5.69 Å². The van der Waals surface area contributed by atoms with Crippen LogP contribution in [0.4, 0.5) is 10.5 Å². The van der Waals surface area contributed by atoms with Crippen LogP contribution in [0.15, 0.2) is 35.3 Å². The Bertz CT molecular complexity index is 913. The van der Waals surface area contributed by atoms with E-state index in [1.807, 2.05) is 36.9 Å². The molecule has 2 amide bonds. The van der Waals surface area contributed by atoms with Crippen LogP contribution in [0.2, 0.25) is 0 Å². The van der Waals surface area contributed by atoms with Crippen molar-refractivity contribution in [1.82, 2.24) is 19.8 Å². The fourth-order valence-corrected chi connectivity index (χ4v) is 5.55. The van der Waals surface area contributed by atoms with Crippen LogP contribution in [0.5, 0.6) is 0 Å². The average Bonchev–Trinajstić information content (AvgIpc) is 3.35. The number of para-hydroxylation sites is 2. The van der Waals surface area contributed by atoms with Crippen molar-refractivity contribution in [2.75, 3.05) is 49.7 Å². The van der Waals surface area contributed by atoms with E-state index in [9.17, 15) is 9.59 Å². The number of anilines is 1. The van der Waals surface area contributed by atoms with Crippen molar-refractivity contribution in [3.63, 3.8) is 0 Å². The second-order valence-corrected chi connectivity index (χ2v) is 8.63. The van der Waals surface area contributed by atoms with Crippen LogP contribution in [-0.2, 0) is 4.74 Å². The molecule has 1 aromatic carbocycles. The van der Waals surface area contributed by atoms with Gasteiger partial charge in [-0.3, -0.25) is 9.47 Å². The van der Waals surface area contributed by atoms with Gasteiger partial charge in [-0.25, -0.2) is 9.59 Å². The zero-order valence-electron chi connectivity index (χ0n) is 16.6. The monoisotopic (exact) mass is 417 g/mol. The van der Waals surface area contributed by atoms with Crippen LogP contribution in [0.1, 0.15) is 12.1 Å². The summed E-state index contributed by atoms with van der Waals surface area (Å²) in [6.07, 6.45) is 2.72. The number of rotatable bonds is 5. The van der Waals surface area contributed by atoms with Gasteiger partial charge < -0.3 is 20.4 Å². The van der Waals surface area contributed by atoms with Gasteiger partial charge in [-0.05, 0) is 31.2 Å². The zero-order valence-corrected chi connectivity index (χ0v) is 17.4. The van der Waals surface area contributed by atoms with E-state index in [0.29, 0.717) is 17.9 Å². The van der Waals surface area contributed by atoms with E-state index in [2.05, 4.69) is 20.5 Å². The summed E-state index contributed by atoms with van der Waals surface area (Å²) in [6, 6.07) is 7.05. The summed E-state index contributed by atoms with van der Waals surface area (Å²) in [7, 11) is 0. The minimum absolute atomic E-state index is 0.0144. The molecular weight excluding hydrogens is 390 g/mol. The molecule has 4 rings (SSSR count). The highest BCUT2D eigenvalue weighted by atomic mass is 32.2. The lowest BCUT2D eigenvalue weighted by atomic mass is 9.95. The smallest absolute Gasteiger partial charge is 0.330 e. The number of aromatic nitrogens is 2. The molecular formula is C20H27N5O3S. The van der Waals surface area contributed by atoms with Gasteiger partial charge in [-0.15, -0.1) is 0 Å². The van der Waals surface area contributed by atoms with Gasteiger partial charge in [0.05, 0.1) is 24.6 Å². The highest BCUT2D eigenvalue weighted by molar-refractivity contribution is 7.99. The van der Waals surface area contributed by atoms with Gasteiger partial charge in [0, 0.05) is 42.8 Å². The third kappa shape index (κ3) is 4.22. The van der Waals surface area contributed by atoms with Crippen LogP contribution in [0, 0.1) is 6.92 Å². The maximum Gasteiger partial charge on any atom is 0.330 e. The van der Waals surface area contributed by atoms with Gasteiger partial charge >= 0.3 is 11.7 Å². The Morgan fingerprint density at radius 3 is 2.79 bits per heavy atom. The number of aromatic amines is 1. The first-order valence-electron chi connectivity index (χ1n) is 9.91. The summed E-state index contributed by atoms with van der Waals surface area (Å²) in [6.45, 7) is 5.74. The SMILES string of the molecule is Cc1c[nH]c(=O)n1-c1ccccc1NC(=O)NCC1(N2CCOCC2)CCSC1. The number of morpholine rings is 1. The van der Waals surface area contributed by atoms with E-state index < -0.39 is 0 Å². The molecule has 2 saturated heterocycles. The normalized spacial score (nSPS) is 22.5. The van der Waals surface area contributed by atoms with Crippen molar-refractivity contribution in [2.24, 2.45) is 0 Å². The lowest BCUT2D eigenvalue weighted by Crippen LogP contribution is -2.59. The Hall–Kier alpha value is -2.23. The maximum atomic E-state index is 12.7. The predicted octanol–water partition coefficient (Wildman–Crippen LogP) is 1.80. The molecule has 2 aliphatic rings. The third-order valence-electron chi connectivity index (χ3n) is 5.70. The van der Waals surface area contributed by atoms with E-state index in [-0.39, 0.29) is 17.3 Å². The number of urea groups is 1. The molecule has 2 aliphatic heterocycles. The molecule has 3 heterocycles. The molecule has 156 valence electrons. The number of ether oxygens (including phenoxy) is 1. The minimum atomic E-state index is -0.261. The Labute approximate surface area is 174 Å². The summed E-state index contributed by atoms with van der Waals surface area (Å²) >= 11 is 1.94. The van der Waals surface area contributed by atoms with Crippen molar-refractivity contribution < 1.29 is 9.53 Å². The molecule has 0 aliphatic carbocycles. The summed E-state index contributed by atoms with van der Waals surface area (Å²) in [5.74, 6) is 2.13. The molecule has 0 spiro atoms. The molecule has 0 bridgehead atoms. The number of amides is 2. The summed E-state index contributed by atoms with van der Waals surface area (Å²) < 4.78 is 7.05. The van der Waals surface area contributed by atoms with E-state index >= 15 is 0 Å². The number of aryl methyl sites for hydroxylation is 1. The van der Waals surface area contributed by atoms with Crippen molar-refractivity contribution in [1.29, 1.82) is 0 Å². The van der Waals surface area contributed by atoms with Crippen LogP contribution in [-0.4, -0.2) is 70.4 Å². The molecule has 9 heteroatoms. The van der Waals surface area contributed by atoms with Crippen LogP contribution in [0.25, 0.3) is 5.69 Å². The molecule has 0 saturated carbocycles. The average molecular weight is 418 g/mol. The van der Waals surface area contributed by atoms with Gasteiger partial charge in [0.1, 0.15) is 0 Å². The summed E-state index contributed by atoms with van der Waals surface area (Å²) in [5.41, 5.74) is 1.77. The van der Waals surface area contributed by atoms with Gasteiger partial charge in [0.25, 0.3) is 0 Å². The lowest BCUT2D eigenvalue weighted by Gasteiger charge is -2.43. The number of nitrogens with one attached hydrogen (secondary N) is 3. The standard InChI is InChI=1S/C20H27N5O3S/c1-15-12-21-19(27)25(15)17-5-3-2-4-16(17)23-18(26)22-13-20(6-11-29-14-20)24-7-9-28-10-8-24/h2-5,12H,6-11,13-14H2,1H3,(H,21,27)(H2,22,23,26). The third-order valence-corrected chi connectivity index (χ3v) is 6.93. The van der Waals surface area contributed by atoms with Crippen LogP contribution in [0.3, 0.4) is 0 Å². The fraction of sp³-hybridized carbons (Fsp3) is 0.500. The molecule has 1 atom stereocenters. The second-order valence-electron chi connectivity index (χ2n) is 7.52. The number of imidazole rings is 1. The number of benzene rings is 1. The first-order valence-corrected chi connectivity index (χ1v) is 11.1. The molecule has 8 nitrogen and oxygen atoms in total. The van der Waals surface area contributed by atoms with Crippen molar-refractivity contribution in [3.05, 3.63) is 46.6 Å². The number of carbonyl (C=O) groups is 1. The zero-order chi connectivity index (χ0) is 20.3. The maximum absolute atomic E-state index is 12.7. The minimum Gasteiger partial charge on any atom is -0.379 e. The second kappa shape index (κ2) is 8.64. The van der Waals surface area contributed by atoms with Gasteiger partial charge in [0.15, 0.2) is 0 Å². The fourth-order valence-electron chi connectivity index (χ4n) is 4.08. The number of nitrogens with zero attached hydrogens (tertiary/aromatic N) is 2. The van der Waals surface area contributed by atoms with Gasteiger partial charge in [0.2, 0.25) is 0 Å². The number of thioether (sulfide) groups is 1. The predicted molar refractivity (Wildman–Crippen MR) is 115 cm³/mol. The number of hydrogen-bond acceptors (Lipinski definition) is 5. The topological polar surface area (TPSA) is 91.4 Å². The highest BCUT2D eigenvalue weighted by Crippen LogP contribution is 2.33. The first kappa shape index (κ1) is 20.1. The molecule has 1 aromatic heterocycles. The number of H-pyrrole nitrogens is 1. The Morgan fingerprint density at radius 1 is 1.31 bits per heavy atom. The Morgan fingerprint density at radius 2 is 2.10 bits per heavy atom. The van der Waals surface area contributed by atoms with E-state index in [1.54, 1.807) is 16.8 Å². The summed E-state index contributed by atoms with van der Waals surface area (Å²) in [4.78, 5) is 30.0. The Balaban J connectivity index is 1.46. The molecule has 0 radical (unpaired) electrons. The van der Waals surface area contributed by atoms with Crippen LogP contribution < -0.4 is 16.3 Å². The quantitative estimate of drug-likeness (QED) is 0.690. The van der Waals surface area contributed by atoms with E-state index in [4.69, 9.17) is 4.74 Å².